The fraction of sp³-hybridized carbons (Fsp3) is 0.600. The molecule has 0 aliphatic heterocycles. The number of hydrogen-bond acceptors (Lipinski definition) is 3. The largest absolute Gasteiger partial charge is 0.477 e. The number of carboxylic acids is 1. The summed E-state index contributed by atoms with van der Waals surface area (Å²) < 4.78 is 0. The number of unbranched alkanes of at least 4 members (excludes halogenated alkanes) is 1. The number of pyridine rings is 1. The second kappa shape index (κ2) is 7.89. The zero-order chi connectivity index (χ0) is 14.3. The number of carboxylic acid groups (broad SMARTS) is 1. The van der Waals surface area contributed by atoms with Gasteiger partial charge in [0.2, 0.25) is 0 Å². The van der Waals surface area contributed by atoms with Gasteiger partial charge in [-0.15, -0.1) is 0 Å². The van der Waals surface area contributed by atoms with Crippen molar-refractivity contribution in [3.8, 4) is 0 Å². The van der Waals surface area contributed by atoms with Crippen molar-refractivity contribution in [2.45, 2.75) is 52.6 Å². The quantitative estimate of drug-likeness (QED) is 0.783. The smallest absolute Gasteiger partial charge is 0.354 e. The number of nitrogens with zero attached hydrogens (tertiary/aromatic N) is 2. The van der Waals surface area contributed by atoms with Crippen LogP contribution < -0.4 is 0 Å². The van der Waals surface area contributed by atoms with Crippen molar-refractivity contribution in [1.29, 1.82) is 0 Å². The van der Waals surface area contributed by atoms with Gasteiger partial charge in [-0.2, -0.15) is 0 Å². The minimum absolute atomic E-state index is 0.173. The lowest BCUT2D eigenvalue weighted by Crippen LogP contribution is -2.33. The van der Waals surface area contributed by atoms with E-state index in [2.05, 4.69) is 30.7 Å². The summed E-state index contributed by atoms with van der Waals surface area (Å²) in [6.07, 6.45) is 4.87. The average Bonchev–Trinajstić information content (AvgIpc) is 2.42. The van der Waals surface area contributed by atoms with Gasteiger partial charge in [0.05, 0.1) is 0 Å². The van der Waals surface area contributed by atoms with Crippen molar-refractivity contribution in [3.63, 3.8) is 0 Å². The van der Waals surface area contributed by atoms with Crippen molar-refractivity contribution in [1.82, 2.24) is 9.88 Å². The molecule has 1 aromatic rings. The van der Waals surface area contributed by atoms with Crippen molar-refractivity contribution in [2.75, 3.05) is 6.54 Å². The summed E-state index contributed by atoms with van der Waals surface area (Å²) in [5.41, 5.74) is 0.971. The molecule has 0 aromatic carbocycles. The normalized spacial score (nSPS) is 12.6. The summed E-state index contributed by atoms with van der Waals surface area (Å²) in [5, 5.41) is 9.17. The van der Waals surface area contributed by atoms with E-state index in [9.17, 15) is 4.79 Å². The second-order valence-electron chi connectivity index (χ2n) is 4.90. The predicted octanol–water partition coefficient (Wildman–Crippen LogP) is 3.18. The van der Waals surface area contributed by atoms with Crippen LogP contribution in [0.25, 0.3) is 0 Å². The molecule has 4 heteroatoms. The molecule has 0 aliphatic carbocycles. The Morgan fingerprint density at radius 1 is 1.47 bits per heavy atom. The van der Waals surface area contributed by atoms with Crippen LogP contribution in [0.5, 0.6) is 0 Å². The molecule has 0 amide bonds. The number of aromatic carboxylic acids is 1. The third-order valence-corrected chi connectivity index (χ3v) is 3.48. The van der Waals surface area contributed by atoms with E-state index >= 15 is 0 Å². The SMILES string of the molecule is CCCCN(Cc1cccnc1C(=O)O)C(C)CC. The van der Waals surface area contributed by atoms with Crippen molar-refractivity contribution < 1.29 is 9.90 Å². The molecule has 1 N–H and O–H groups in total. The van der Waals surface area contributed by atoms with Crippen LogP contribution in [-0.4, -0.2) is 33.5 Å². The zero-order valence-corrected chi connectivity index (χ0v) is 12.1. The monoisotopic (exact) mass is 264 g/mol. The minimum Gasteiger partial charge on any atom is -0.477 e. The van der Waals surface area contributed by atoms with Crippen LogP contribution in [0.4, 0.5) is 0 Å². The van der Waals surface area contributed by atoms with Crippen LogP contribution >= 0.6 is 0 Å². The molecule has 1 heterocycles. The average molecular weight is 264 g/mol. The molecule has 0 radical (unpaired) electrons. The maximum Gasteiger partial charge on any atom is 0.354 e. The molecular weight excluding hydrogens is 240 g/mol. The van der Waals surface area contributed by atoms with E-state index in [1.165, 1.54) is 6.20 Å². The van der Waals surface area contributed by atoms with E-state index in [1.807, 2.05) is 6.07 Å². The number of hydrogen-bond donors (Lipinski definition) is 1. The van der Waals surface area contributed by atoms with Crippen LogP contribution in [0.3, 0.4) is 0 Å². The first-order chi connectivity index (χ1) is 9.10. The molecule has 0 aliphatic rings. The maximum absolute atomic E-state index is 11.2. The van der Waals surface area contributed by atoms with E-state index in [4.69, 9.17) is 5.11 Å². The first-order valence-corrected chi connectivity index (χ1v) is 7.01. The summed E-state index contributed by atoms with van der Waals surface area (Å²) in [7, 11) is 0. The van der Waals surface area contributed by atoms with Gasteiger partial charge in [-0.25, -0.2) is 9.78 Å². The third kappa shape index (κ3) is 4.63. The van der Waals surface area contributed by atoms with Gasteiger partial charge in [0, 0.05) is 18.8 Å². The lowest BCUT2D eigenvalue weighted by atomic mass is 10.1. The van der Waals surface area contributed by atoms with Crippen LogP contribution in [0.1, 0.15) is 56.1 Å². The van der Waals surface area contributed by atoms with Crippen molar-refractivity contribution >= 4 is 5.97 Å². The highest BCUT2D eigenvalue weighted by Gasteiger charge is 2.17. The number of rotatable bonds is 8. The highest BCUT2D eigenvalue weighted by molar-refractivity contribution is 5.86. The first-order valence-electron chi connectivity index (χ1n) is 7.01. The molecule has 106 valence electrons. The Balaban J connectivity index is 2.86. The molecule has 1 atom stereocenters. The fourth-order valence-corrected chi connectivity index (χ4v) is 2.05. The Hall–Kier alpha value is -1.42. The Labute approximate surface area is 115 Å². The van der Waals surface area contributed by atoms with E-state index < -0.39 is 5.97 Å². The molecule has 0 bridgehead atoms. The van der Waals surface area contributed by atoms with Gasteiger partial charge < -0.3 is 5.11 Å². The fourth-order valence-electron chi connectivity index (χ4n) is 2.05. The van der Waals surface area contributed by atoms with Gasteiger partial charge in [-0.3, -0.25) is 4.90 Å². The molecule has 1 unspecified atom stereocenters. The highest BCUT2D eigenvalue weighted by Crippen LogP contribution is 2.14. The molecule has 0 fully saturated rings. The standard InChI is InChI=1S/C15H24N2O2/c1-4-6-10-17(12(3)5-2)11-13-8-7-9-16-14(13)15(18)19/h7-9,12H,4-6,10-11H2,1-3H3,(H,18,19). The van der Waals surface area contributed by atoms with Gasteiger partial charge >= 0.3 is 5.97 Å². The summed E-state index contributed by atoms with van der Waals surface area (Å²) in [4.78, 5) is 17.5. The maximum atomic E-state index is 11.2. The molecule has 0 saturated carbocycles. The molecular formula is C15H24N2O2. The lowest BCUT2D eigenvalue weighted by molar-refractivity contribution is 0.0687. The Bertz CT molecular complexity index is 407. The van der Waals surface area contributed by atoms with Crippen molar-refractivity contribution in [2.24, 2.45) is 0 Å². The predicted molar refractivity (Wildman–Crippen MR) is 76.3 cm³/mol. The lowest BCUT2D eigenvalue weighted by Gasteiger charge is -2.28. The summed E-state index contributed by atoms with van der Waals surface area (Å²) in [6.45, 7) is 8.17. The Morgan fingerprint density at radius 3 is 2.79 bits per heavy atom. The highest BCUT2D eigenvalue weighted by atomic mass is 16.4. The molecule has 4 nitrogen and oxygen atoms in total. The van der Waals surface area contributed by atoms with Gasteiger partial charge in [0.15, 0.2) is 5.69 Å². The van der Waals surface area contributed by atoms with Crippen LogP contribution in [-0.2, 0) is 6.54 Å². The third-order valence-electron chi connectivity index (χ3n) is 3.48. The molecule has 1 rings (SSSR count). The summed E-state index contributed by atoms with van der Waals surface area (Å²) in [5.74, 6) is -0.949. The first kappa shape index (κ1) is 15.6. The summed E-state index contributed by atoms with van der Waals surface area (Å²) in [6, 6.07) is 4.11. The molecule has 0 saturated heterocycles. The minimum atomic E-state index is -0.949. The topological polar surface area (TPSA) is 53.4 Å². The van der Waals surface area contributed by atoms with Crippen LogP contribution in [0.15, 0.2) is 18.3 Å². The van der Waals surface area contributed by atoms with E-state index in [0.29, 0.717) is 12.6 Å². The van der Waals surface area contributed by atoms with Gasteiger partial charge in [0.1, 0.15) is 0 Å². The van der Waals surface area contributed by atoms with Crippen LogP contribution in [0, 0.1) is 0 Å². The van der Waals surface area contributed by atoms with Crippen LogP contribution in [0.2, 0.25) is 0 Å². The zero-order valence-electron chi connectivity index (χ0n) is 12.1. The van der Waals surface area contributed by atoms with Gasteiger partial charge in [-0.05, 0) is 37.9 Å². The van der Waals surface area contributed by atoms with Gasteiger partial charge in [0.25, 0.3) is 0 Å². The number of aromatic nitrogens is 1. The van der Waals surface area contributed by atoms with Gasteiger partial charge in [-0.1, -0.05) is 26.3 Å². The molecule has 19 heavy (non-hydrogen) atoms. The second-order valence-corrected chi connectivity index (χ2v) is 4.90. The van der Waals surface area contributed by atoms with E-state index in [-0.39, 0.29) is 5.69 Å². The Morgan fingerprint density at radius 2 is 2.21 bits per heavy atom. The molecule has 0 spiro atoms. The Kier molecular flexibility index (Phi) is 6.50. The van der Waals surface area contributed by atoms with Crippen molar-refractivity contribution in [3.05, 3.63) is 29.6 Å². The number of carbonyl (C=O) groups is 1. The molecule has 1 aromatic heterocycles. The summed E-state index contributed by atoms with van der Waals surface area (Å²) >= 11 is 0. The van der Waals surface area contributed by atoms with E-state index in [0.717, 1.165) is 31.4 Å². The van der Waals surface area contributed by atoms with E-state index in [1.54, 1.807) is 6.07 Å².